The number of halogens is 3. The van der Waals surface area contributed by atoms with Crippen LogP contribution < -0.4 is 5.32 Å². The first kappa shape index (κ1) is 15.0. The second-order valence-electron chi connectivity index (χ2n) is 4.57. The number of nitriles is 1. The summed E-state index contributed by atoms with van der Waals surface area (Å²) < 4.78 is 38.1. The summed E-state index contributed by atoms with van der Waals surface area (Å²) in [5.41, 5.74) is -2.09. The second-order valence-corrected chi connectivity index (χ2v) is 4.57. The molecule has 1 amide bonds. The van der Waals surface area contributed by atoms with Gasteiger partial charge >= 0.3 is 6.18 Å². The first-order chi connectivity index (χ1) is 8.68. The molecule has 1 N–H and O–H groups in total. The molecule has 0 aromatic heterocycles. The van der Waals surface area contributed by atoms with E-state index in [1.807, 2.05) is 0 Å². The summed E-state index contributed by atoms with van der Waals surface area (Å²) >= 11 is 0. The molecule has 0 saturated heterocycles. The fourth-order valence-corrected chi connectivity index (χ4v) is 1.40. The average molecular weight is 270 g/mol. The third-order valence-electron chi connectivity index (χ3n) is 2.61. The first-order valence-electron chi connectivity index (χ1n) is 5.53. The number of hydrogen-bond donors (Lipinski definition) is 1. The highest BCUT2D eigenvalue weighted by atomic mass is 19.4. The van der Waals surface area contributed by atoms with Crippen molar-refractivity contribution in [1.29, 1.82) is 5.26 Å². The van der Waals surface area contributed by atoms with Crippen molar-refractivity contribution in [3.63, 3.8) is 0 Å². The van der Waals surface area contributed by atoms with Crippen molar-refractivity contribution in [2.45, 2.75) is 26.6 Å². The Labute approximate surface area is 109 Å². The van der Waals surface area contributed by atoms with Crippen molar-refractivity contribution in [2.75, 3.05) is 0 Å². The number of alkyl halides is 3. The van der Waals surface area contributed by atoms with Crippen molar-refractivity contribution in [1.82, 2.24) is 5.32 Å². The molecule has 102 valence electrons. The molecule has 0 atom stereocenters. The van der Waals surface area contributed by atoms with Crippen molar-refractivity contribution in [3.8, 4) is 6.07 Å². The van der Waals surface area contributed by atoms with Gasteiger partial charge in [0.1, 0.15) is 5.41 Å². The minimum Gasteiger partial charge on any atom is -0.351 e. The maximum absolute atomic E-state index is 12.7. The van der Waals surface area contributed by atoms with Crippen LogP contribution in [0.5, 0.6) is 0 Å². The Hall–Kier alpha value is -2.03. The number of hydrogen-bond acceptors (Lipinski definition) is 2. The highest BCUT2D eigenvalue weighted by molar-refractivity contribution is 5.84. The van der Waals surface area contributed by atoms with Crippen LogP contribution >= 0.6 is 0 Å². The lowest BCUT2D eigenvalue weighted by Gasteiger charge is -2.17. The largest absolute Gasteiger partial charge is 0.416 e. The molecule has 3 nitrogen and oxygen atoms in total. The summed E-state index contributed by atoms with van der Waals surface area (Å²) in [7, 11) is 0. The average Bonchev–Trinajstić information content (AvgIpc) is 2.35. The van der Waals surface area contributed by atoms with Gasteiger partial charge in [-0.3, -0.25) is 4.79 Å². The van der Waals surface area contributed by atoms with E-state index in [4.69, 9.17) is 5.26 Å². The monoisotopic (exact) mass is 270 g/mol. The van der Waals surface area contributed by atoms with Crippen LogP contribution in [-0.4, -0.2) is 5.91 Å². The molecule has 0 spiro atoms. The van der Waals surface area contributed by atoms with E-state index in [9.17, 15) is 18.0 Å². The minimum atomic E-state index is -4.47. The molecule has 1 aromatic rings. The van der Waals surface area contributed by atoms with Gasteiger partial charge in [0, 0.05) is 6.54 Å². The highest BCUT2D eigenvalue weighted by Gasteiger charge is 2.33. The van der Waals surface area contributed by atoms with Gasteiger partial charge in [0.25, 0.3) is 0 Å². The molecular weight excluding hydrogens is 257 g/mol. The summed E-state index contributed by atoms with van der Waals surface area (Å²) in [6.07, 6.45) is -4.47. The molecule has 0 unspecified atom stereocenters. The van der Waals surface area contributed by atoms with Gasteiger partial charge in [0.05, 0.1) is 11.6 Å². The quantitative estimate of drug-likeness (QED) is 0.918. The Bertz CT molecular complexity index is 515. The van der Waals surface area contributed by atoms with Crippen molar-refractivity contribution >= 4 is 5.91 Å². The number of nitrogens with zero attached hydrogens (tertiary/aromatic N) is 1. The Morgan fingerprint density at radius 3 is 2.42 bits per heavy atom. The number of rotatable bonds is 3. The second kappa shape index (κ2) is 5.31. The van der Waals surface area contributed by atoms with E-state index in [0.29, 0.717) is 0 Å². The SMILES string of the molecule is CC(C)(C#N)C(=O)NCc1ccccc1C(F)(F)F. The normalized spacial score (nSPS) is 11.8. The molecule has 6 heteroatoms. The van der Waals surface area contributed by atoms with Gasteiger partial charge in [-0.25, -0.2) is 0 Å². The molecule has 0 bridgehead atoms. The van der Waals surface area contributed by atoms with E-state index in [-0.39, 0.29) is 12.1 Å². The summed E-state index contributed by atoms with van der Waals surface area (Å²) in [6.45, 7) is 2.54. The number of amides is 1. The van der Waals surface area contributed by atoms with E-state index >= 15 is 0 Å². The molecule has 0 aliphatic carbocycles. The molecular formula is C13H13F3N2O. The molecule has 1 rings (SSSR count). The lowest BCUT2D eigenvalue weighted by atomic mass is 9.94. The molecule has 0 radical (unpaired) electrons. The van der Waals surface area contributed by atoms with E-state index in [1.54, 1.807) is 6.07 Å². The molecule has 0 heterocycles. The standard InChI is InChI=1S/C13H13F3N2O/c1-12(2,8-17)11(19)18-7-9-5-3-4-6-10(9)13(14,15)16/h3-6H,7H2,1-2H3,(H,18,19). The molecule has 0 aliphatic heterocycles. The fourth-order valence-electron chi connectivity index (χ4n) is 1.40. The summed E-state index contributed by atoms with van der Waals surface area (Å²) in [5, 5.41) is 11.1. The Kier molecular flexibility index (Phi) is 4.20. The maximum Gasteiger partial charge on any atom is 0.416 e. The van der Waals surface area contributed by atoms with Crippen LogP contribution in [0.2, 0.25) is 0 Å². The molecule has 0 aliphatic rings. The zero-order valence-corrected chi connectivity index (χ0v) is 10.5. The van der Waals surface area contributed by atoms with Gasteiger partial charge in [0.2, 0.25) is 5.91 Å². The van der Waals surface area contributed by atoms with Gasteiger partial charge in [-0.1, -0.05) is 18.2 Å². The predicted octanol–water partition coefficient (Wildman–Crippen LogP) is 2.87. The van der Waals surface area contributed by atoms with E-state index < -0.39 is 23.1 Å². The van der Waals surface area contributed by atoms with Crippen LogP contribution in [0.1, 0.15) is 25.0 Å². The van der Waals surface area contributed by atoms with Gasteiger partial charge in [-0.2, -0.15) is 18.4 Å². The van der Waals surface area contributed by atoms with Gasteiger partial charge in [0.15, 0.2) is 0 Å². The first-order valence-corrected chi connectivity index (χ1v) is 5.53. The minimum absolute atomic E-state index is 0.0305. The van der Waals surface area contributed by atoms with E-state index in [1.165, 1.54) is 32.0 Å². The van der Waals surface area contributed by atoms with Crippen LogP contribution in [0, 0.1) is 16.7 Å². The summed E-state index contributed by atoms with van der Waals surface area (Å²) in [6, 6.07) is 6.79. The Morgan fingerprint density at radius 2 is 1.89 bits per heavy atom. The zero-order chi connectivity index (χ0) is 14.7. The summed E-state index contributed by atoms with van der Waals surface area (Å²) in [4.78, 5) is 11.6. The van der Waals surface area contributed by atoms with Crippen molar-refractivity contribution in [3.05, 3.63) is 35.4 Å². The van der Waals surface area contributed by atoms with Crippen molar-refractivity contribution < 1.29 is 18.0 Å². The van der Waals surface area contributed by atoms with Crippen LogP contribution in [0.15, 0.2) is 24.3 Å². The lowest BCUT2D eigenvalue weighted by Crippen LogP contribution is -2.35. The maximum atomic E-state index is 12.7. The number of nitrogens with one attached hydrogen (secondary N) is 1. The molecule has 1 aromatic carbocycles. The molecule has 19 heavy (non-hydrogen) atoms. The van der Waals surface area contributed by atoms with Crippen LogP contribution in [-0.2, 0) is 17.5 Å². The number of benzene rings is 1. The number of carbonyl (C=O) groups excluding carboxylic acids is 1. The smallest absolute Gasteiger partial charge is 0.351 e. The van der Waals surface area contributed by atoms with Gasteiger partial charge in [-0.15, -0.1) is 0 Å². The van der Waals surface area contributed by atoms with Crippen LogP contribution in [0.4, 0.5) is 13.2 Å². The lowest BCUT2D eigenvalue weighted by molar-refractivity contribution is -0.138. The highest BCUT2D eigenvalue weighted by Crippen LogP contribution is 2.31. The fraction of sp³-hybridized carbons (Fsp3) is 0.385. The van der Waals surface area contributed by atoms with E-state index in [2.05, 4.69) is 5.32 Å². The third kappa shape index (κ3) is 3.71. The third-order valence-corrected chi connectivity index (χ3v) is 2.61. The predicted molar refractivity (Wildman–Crippen MR) is 62.7 cm³/mol. The van der Waals surface area contributed by atoms with Crippen LogP contribution in [0.3, 0.4) is 0 Å². The zero-order valence-electron chi connectivity index (χ0n) is 10.5. The van der Waals surface area contributed by atoms with Crippen LogP contribution in [0.25, 0.3) is 0 Å². The van der Waals surface area contributed by atoms with Gasteiger partial charge < -0.3 is 5.32 Å². The van der Waals surface area contributed by atoms with Crippen molar-refractivity contribution in [2.24, 2.45) is 5.41 Å². The Balaban J connectivity index is 2.86. The summed E-state index contributed by atoms with van der Waals surface area (Å²) in [5.74, 6) is -0.605. The number of carbonyl (C=O) groups is 1. The van der Waals surface area contributed by atoms with Gasteiger partial charge in [-0.05, 0) is 25.5 Å². The van der Waals surface area contributed by atoms with E-state index in [0.717, 1.165) is 6.07 Å². The Morgan fingerprint density at radius 1 is 1.32 bits per heavy atom. The molecule has 0 saturated carbocycles. The topological polar surface area (TPSA) is 52.9 Å². The molecule has 0 fully saturated rings.